The molecular formula is C12H22N2O3S. The summed E-state index contributed by atoms with van der Waals surface area (Å²) in [7, 11) is -2.85. The predicted octanol–water partition coefficient (Wildman–Crippen LogP) is -0.0730. The molecule has 2 rings (SSSR count). The van der Waals surface area contributed by atoms with Crippen LogP contribution in [-0.4, -0.2) is 45.5 Å². The van der Waals surface area contributed by atoms with E-state index in [4.69, 9.17) is 0 Å². The van der Waals surface area contributed by atoms with Crippen LogP contribution >= 0.6 is 0 Å². The molecule has 0 bridgehead atoms. The number of rotatable bonds is 3. The molecule has 0 spiro atoms. The van der Waals surface area contributed by atoms with Gasteiger partial charge in [0, 0.05) is 13.1 Å². The molecule has 2 aliphatic rings. The molecule has 2 fully saturated rings. The van der Waals surface area contributed by atoms with Crippen molar-refractivity contribution in [2.75, 3.05) is 31.1 Å². The maximum Gasteiger partial charge on any atom is 0.227 e. The van der Waals surface area contributed by atoms with Crippen molar-refractivity contribution in [1.29, 1.82) is 0 Å². The van der Waals surface area contributed by atoms with E-state index >= 15 is 0 Å². The van der Waals surface area contributed by atoms with E-state index in [1.807, 2.05) is 6.92 Å². The summed E-state index contributed by atoms with van der Waals surface area (Å²) in [6, 6.07) is 0. The summed E-state index contributed by atoms with van der Waals surface area (Å²) >= 11 is 0. The molecule has 0 aliphatic carbocycles. The lowest BCUT2D eigenvalue weighted by molar-refractivity contribution is -0.131. The zero-order valence-electron chi connectivity index (χ0n) is 10.9. The lowest BCUT2D eigenvalue weighted by Crippen LogP contribution is -2.49. The highest BCUT2D eigenvalue weighted by Crippen LogP contribution is 2.26. The summed E-state index contributed by atoms with van der Waals surface area (Å²) in [6.45, 7) is 4.15. The van der Waals surface area contributed by atoms with Crippen LogP contribution < -0.4 is 10.6 Å². The van der Waals surface area contributed by atoms with Crippen LogP contribution in [0.2, 0.25) is 0 Å². The van der Waals surface area contributed by atoms with Gasteiger partial charge in [-0.05, 0) is 38.6 Å². The van der Waals surface area contributed by atoms with Crippen LogP contribution in [0.15, 0.2) is 0 Å². The Morgan fingerprint density at radius 3 is 2.83 bits per heavy atom. The molecule has 6 heteroatoms. The standard InChI is InChI=1S/C12H22N2O3S/c1-12(4-2-5-13-9-12)11(15)14-7-10-3-6-18(16,17)8-10/h10,13H,2-9H2,1H3,(H,14,15). The quantitative estimate of drug-likeness (QED) is 0.755. The first-order valence-corrected chi connectivity index (χ1v) is 8.43. The fraction of sp³-hybridized carbons (Fsp3) is 0.917. The van der Waals surface area contributed by atoms with Gasteiger partial charge in [0.15, 0.2) is 9.84 Å². The SMILES string of the molecule is CC1(C(=O)NCC2CCS(=O)(=O)C2)CCCNC1. The topological polar surface area (TPSA) is 75.3 Å². The van der Waals surface area contributed by atoms with Crippen molar-refractivity contribution < 1.29 is 13.2 Å². The minimum atomic E-state index is -2.85. The molecule has 5 nitrogen and oxygen atoms in total. The molecule has 0 aromatic carbocycles. The van der Waals surface area contributed by atoms with Gasteiger partial charge in [-0.3, -0.25) is 4.79 Å². The van der Waals surface area contributed by atoms with Crippen LogP contribution in [0.3, 0.4) is 0 Å². The van der Waals surface area contributed by atoms with Crippen molar-refractivity contribution >= 4 is 15.7 Å². The van der Waals surface area contributed by atoms with Crippen LogP contribution in [0, 0.1) is 11.3 Å². The fourth-order valence-corrected chi connectivity index (χ4v) is 4.60. The minimum Gasteiger partial charge on any atom is -0.355 e. The number of piperidine rings is 1. The minimum absolute atomic E-state index is 0.0546. The second-order valence-corrected chi connectivity index (χ2v) is 8.05. The molecule has 2 atom stereocenters. The second kappa shape index (κ2) is 5.17. The Bertz CT molecular complexity index is 413. The smallest absolute Gasteiger partial charge is 0.227 e. The highest BCUT2D eigenvalue weighted by Gasteiger charge is 2.35. The van der Waals surface area contributed by atoms with Crippen LogP contribution in [0.5, 0.6) is 0 Å². The largest absolute Gasteiger partial charge is 0.355 e. The molecule has 2 heterocycles. The van der Waals surface area contributed by atoms with Gasteiger partial charge in [0.1, 0.15) is 0 Å². The molecule has 104 valence electrons. The Labute approximate surface area is 109 Å². The lowest BCUT2D eigenvalue weighted by Gasteiger charge is -2.32. The van der Waals surface area contributed by atoms with Crippen molar-refractivity contribution in [3.63, 3.8) is 0 Å². The molecule has 0 aromatic rings. The highest BCUT2D eigenvalue weighted by molar-refractivity contribution is 7.91. The average Bonchev–Trinajstić information content (AvgIpc) is 2.67. The summed E-state index contributed by atoms with van der Waals surface area (Å²) in [6.07, 6.45) is 2.59. The maximum absolute atomic E-state index is 12.1. The first kappa shape index (κ1) is 13.8. The molecule has 18 heavy (non-hydrogen) atoms. The molecule has 2 unspecified atom stereocenters. The van der Waals surface area contributed by atoms with Gasteiger partial charge < -0.3 is 10.6 Å². The number of hydrogen-bond acceptors (Lipinski definition) is 4. The first-order chi connectivity index (χ1) is 8.41. The van der Waals surface area contributed by atoms with Gasteiger partial charge in [0.2, 0.25) is 5.91 Å². The fourth-order valence-electron chi connectivity index (χ4n) is 2.73. The van der Waals surface area contributed by atoms with E-state index in [9.17, 15) is 13.2 Å². The maximum atomic E-state index is 12.1. The Hall–Kier alpha value is -0.620. The zero-order chi connectivity index (χ0) is 13.2. The molecule has 2 aliphatic heterocycles. The van der Waals surface area contributed by atoms with Crippen LogP contribution in [-0.2, 0) is 14.6 Å². The predicted molar refractivity (Wildman–Crippen MR) is 70.0 cm³/mol. The van der Waals surface area contributed by atoms with Gasteiger partial charge in [-0.15, -0.1) is 0 Å². The Balaban J connectivity index is 1.81. The first-order valence-electron chi connectivity index (χ1n) is 6.61. The Kier molecular flexibility index (Phi) is 3.96. The number of amides is 1. The van der Waals surface area contributed by atoms with Crippen LogP contribution in [0.1, 0.15) is 26.2 Å². The van der Waals surface area contributed by atoms with E-state index in [2.05, 4.69) is 10.6 Å². The molecular weight excluding hydrogens is 252 g/mol. The summed E-state index contributed by atoms with van der Waals surface area (Å²) in [5.41, 5.74) is -0.338. The molecule has 0 radical (unpaired) electrons. The van der Waals surface area contributed by atoms with Gasteiger partial charge in [-0.25, -0.2) is 8.42 Å². The van der Waals surface area contributed by atoms with Crippen molar-refractivity contribution in [3.05, 3.63) is 0 Å². The summed E-state index contributed by atoms with van der Waals surface area (Å²) in [4.78, 5) is 12.1. The molecule has 0 saturated carbocycles. The summed E-state index contributed by atoms with van der Waals surface area (Å²) in [5.74, 6) is 0.646. The van der Waals surface area contributed by atoms with E-state index in [0.717, 1.165) is 19.4 Å². The van der Waals surface area contributed by atoms with Crippen molar-refractivity contribution in [3.8, 4) is 0 Å². The number of nitrogens with one attached hydrogen (secondary N) is 2. The van der Waals surface area contributed by atoms with Crippen LogP contribution in [0.25, 0.3) is 0 Å². The number of sulfone groups is 1. The van der Waals surface area contributed by atoms with Gasteiger partial charge >= 0.3 is 0 Å². The summed E-state index contributed by atoms with van der Waals surface area (Å²) < 4.78 is 22.7. The van der Waals surface area contributed by atoms with Gasteiger partial charge in [0.25, 0.3) is 0 Å². The molecule has 1 amide bonds. The van der Waals surface area contributed by atoms with Crippen molar-refractivity contribution in [2.45, 2.75) is 26.2 Å². The Morgan fingerprint density at radius 1 is 1.50 bits per heavy atom. The monoisotopic (exact) mass is 274 g/mol. The van der Waals surface area contributed by atoms with E-state index in [1.165, 1.54) is 0 Å². The van der Waals surface area contributed by atoms with Crippen molar-refractivity contribution in [1.82, 2.24) is 10.6 Å². The van der Waals surface area contributed by atoms with Gasteiger partial charge in [0.05, 0.1) is 16.9 Å². The average molecular weight is 274 g/mol. The van der Waals surface area contributed by atoms with Gasteiger partial charge in [-0.1, -0.05) is 0 Å². The third kappa shape index (κ3) is 3.23. The third-order valence-electron chi connectivity index (χ3n) is 4.02. The Morgan fingerprint density at radius 2 is 2.28 bits per heavy atom. The van der Waals surface area contributed by atoms with Crippen molar-refractivity contribution in [2.24, 2.45) is 11.3 Å². The van der Waals surface area contributed by atoms with E-state index in [-0.39, 0.29) is 28.7 Å². The van der Waals surface area contributed by atoms with E-state index in [0.29, 0.717) is 19.5 Å². The zero-order valence-corrected chi connectivity index (χ0v) is 11.7. The van der Waals surface area contributed by atoms with E-state index < -0.39 is 9.84 Å². The number of hydrogen-bond donors (Lipinski definition) is 2. The molecule has 2 N–H and O–H groups in total. The number of carbonyl (C=O) groups excluding carboxylic acids is 1. The second-order valence-electron chi connectivity index (χ2n) is 5.82. The van der Waals surface area contributed by atoms with E-state index in [1.54, 1.807) is 0 Å². The number of carbonyl (C=O) groups is 1. The van der Waals surface area contributed by atoms with Gasteiger partial charge in [-0.2, -0.15) is 0 Å². The molecule has 0 aromatic heterocycles. The van der Waals surface area contributed by atoms with Crippen LogP contribution in [0.4, 0.5) is 0 Å². The normalized spacial score (nSPS) is 35.3. The lowest BCUT2D eigenvalue weighted by atomic mass is 9.82. The summed E-state index contributed by atoms with van der Waals surface area (Å²) in [5, 5.41) is 6.17. The molecule has 2 saturated heterocycles. The highest BCUT2D eigenvalue weighted by atomic mass is 32.2. The third-order valence-corrected chi connectivity index (χ3v) is 5.86.